The Morgan fingerprint density at radius 1 is 1.45 bits per heavy atom. The Morgan fingerprint density at radius 3 is 2.77 bits per heavy atom. The Balaban J connectivity index is 2.04. The van der Waals surface area contributed by atoms with Crippen LogP contribution in [0.25, 0.3) is 0 Å². The van der Waals surface area contributed by atoms with Crippen molar-refractivity contribution in [2.24, 2.45) is 0 Å². The predicted molar refractivity (Wildman–Crippen MR) is 75.6 cm³/mol. The van der Waals surface area contributed by atoms with Crippen LogP contribution in [-0.4, -0.2) is 26.0 Å². The first-order chi connectivity index (χ1) is 10.3. The summed E-state index contributed by atoms with van der Waals surface area (Å²) >= 11 is 1.04. The van der Waals surface area contributed by atoms with Gasteiger partial charge in [-0.3, -0.25) is 4.79 Å². The third-order valence-electron chi connectivity index (χ3n) is 2.65. The third kappa shape index (κ3) is 3.91. The zero-order chi connectivity index (χ0) is 16.3. The minimum Gasteiger partial charge on any atom is -0.336 e. The Labute approximate surface area is 127 Å². The van der Waals surface area contributed by atoms with Gasteiger partial charge in [-0.1, -0.05) is 17.8 Å². The molecule has 3 N–H and O–H groups in total. The Morgan fingerprint density at radius 2 is 2.18 bits per heavy atom. The second-order valence-electron chi connectivity index (χ2n) is 4.35. The number of benzene rings is 1. The molecule has 0 spiro atoms. The molecule has 0 fully saturated rings. The van der Waals surface area contributed by atoms with Crippen LogP contribution < -0.4 is 11.2 Å². The van der Waals surface area contributed by atoms with Crippen molar-refractivity contribution in [2.45, 2.75) is 23.5 Å². The van der Waals surface area contributed by atoms with Crippen molar-refractivity contribution in [3.63, 3.8) is 0 Å². The van der Waals surface area contributed by atoms with E-state index in [1.807, 2.05) is 0 Å². The smallest absolute Gasteiger partial charge is 0.336 e. The molecule has 0 aliphatic carbocycles. The molecule has 1 heterocycles. The average molecular weight is 331 g/mol. The fourth-order valence-electron chi connectivity index (χ4n) is 1.55. The van der Waals surface area contributed by atoms with E-state index in [9.17, 15) is 18.0 Å². The van der Waals surface area contributed by atoms with Crippen molar-refractivity contribution < 1.29 is 18.0 Å². The number of rotatable bonds is 4. The van der Waals surface area contributed by atoms with E-state index in [1.54, 1.807) is 6.92 Å². The molecule has 1 atom stereocenters. The highest BCUT2D eigenvalue weighted by Gasteiger charge is 2.30. The predicted octanol–water partition coefficient (Wildman–Crippen LogP) is 2.13. The zero-order valence-corrected chi connectivity index (χ0v) is 12.1. The zero-order valence-electron chi connectivity index (χ0n) is 11.3. The minimum atomic E-state index is -4.46. The van der Waals surface area contributed by atoms with Crippen LogP contribution in [0.4, 0.5) is 18.9 Å². The molecule has 0 saturated carbocycles. The molecule has 2 rings (SSSR count). The van der Waals surface area contributed by atoms with Crippen molar-refractivity contribution in [1.29, 1.82) is 0 Å². The Bertz CT molecular complexity index is 673. The number of hydrogen-bond acceptors (Lipinski definition) is 5. The van der Waals surface area contributed by atoms with Gasteiger partial charge in [-0.15, -0.1) is 10.2 Å². The summed E-state index contributed by atoms with van der Waals surface area (Å²) in [5.74, 6) is 5.06. The van der Waals surface area contributed by atoms with Gasteiger partial charge in [0.2, 0.25) is 11.1 Å². The van der Waals surface area contributed by atoms with Crippen molar-refractivity contribution in [3.8, 4) is 0 Å². The fraction of sp³-hybridized carbons (Fsp3) is 0.250. The molecule has 2 aromatic rings. The van der Waals surface area contributed by atoms with Gasteiger partial charge in [-0.2, -0.15) is 13.2 Å². The van der Waals surface area contributed by atoms with Crippen LogP contribution >= 0.6 is 11.8 Å². The number of nitrogens with two attached hydrogens (primary N) is 1. The Hall–Kier alpha value is -2.23. The molecular formula is C12H12F3N5OS. The number of nitrogens with zero attached hydrogens (tertiary/aromatic N) is 3. The van der Waals surface area contributed by atoms with E-state index in [4.69, 9.17) is 5.84 Å². The number of nitrogens with one attached hydrogen (secondary N) is 1. The third-order valence-corrected chi connectivity index (χ3v) is 3.72. The van der Waals surface area contributed by atoms with Gasteiger partial charge in [0.25, 0.3) is 0 Å². The van der Waals surface area contributed by atoms with Gasteiger partial charge < -0.3 is 11.2 Å². The molecule has 1 aromatic carbocycles. The number of halogens is 3. The molecule has 22 heavy (non-hydrogen) atoms. The maximum atomic E-state index is 12.6. The molecule has 0 saturated heterocycles. The number of alkyl halides is 3. The second kappa shape index (κ2) is 6.26. The maximum absolute atomic E-state index is 12.6. The number of amides is 1. The lowest BCUT2D eigenvalue weighted by atomic mass is 10.2. The van der Waals surface area contributed by atoms with Crippen LogP contribution in [0.15, 0.2) is 35.7 Å². The van der Waals surface area contributed by atoms with Gasteiger partial charge in [0.1, 0.15) is 6.33 Å². The number of nitrogen functional groups attached to an aromatic ring is 1. The largest absolute Gasteiger partial charge is 0.416 e. The first kappa shape index (κ1) is 16.1. The van der Waals surface area contributed by atoms with Crippen LogP contribution in [0, 0.1) is 0 Å². The van der Waals surface area contributed by atoms with Crippen LogP contribution in [0.5, 0.6) is 0 Å². The molecule has 10 heteroatoms. The van der Waals surface area contributed by atoms with Gasteiger partial charge in [0, 0.05) is 5.69 Å². The highest BCUT2D eigenvalue weighted by molar-refractivity contribution is 8.00. The number of thioether (sulfide) groups is 1. The lowest BCUT2D eigenvalue weighted by Crippen LogP contribution is -2.23. The van der Waals surface area contributed by atoms with E-state index in [-0.39, 0.29) is 5.69 Å². The van der Waals surface area contributed by atoms with Gasteiger partial charge >= 0.3 is 6.18 Å². The highest BCUT2D eigenvalue weighted by Crippen LogP contribution is 2.31. The first-order valence-corrected chi connectivity index (χ1v) is 6.95. The van der Waals surface area contributed by atoms with E-state index in [0.717, 1.165) is 28.6 Å². The number of carbonyl (C=O) groups is 1. The summed E-state index contributed by atoms with van der Waals surface area (Å²) in [5, 5.41) is 9.42. The van der Waals surface area contributed by atoms with Crippen LogP contribution in [0.2, 0.25) is 0 Å². The van der Waals surface area contributed by atoms with E-state index in [0.29, 0.717) is 5.16 Å². The normalized spacial score (nSPS) is 12.9. The molecule has 1 aromatic heterocycles. The van der Waals surface area contributed by atoms with Crippen LogP contribution in [0.1, 0.15) is 12.5 Å². The number of carbonyl (C=O) groups excluding carboxylic acids is 1. The topological polar surface area (TPSA) is 85.8 Å². The number of anilines is 1. The average Bonchev–Trinajstić information content (AvgIpc) is 2.83. The number of aromatic nitrogens is 3. The first-order valence-electron chi connectivity index (χ1n) is 6.07. The van der Waals surface area contributed by atoms with E-state index < -0.39 is 22.9 Å². The van der Waals surface area contributed by atoms with Crippen molar-refractivity contribution in [1.82, 2.24) is 14.9 Å². The van der Waals surface area contributed by atoms with Crippen molar-refractivity contribution in [3.05, 3.63) is 36.2 Å². The SMILES string of the molecule is C[C@@H](Sc1nncn1N)C(=O)Nc1cccc(C(F)(F)F)c1. The standard InChI is InChI=1S/C12H12F3N5OS/c1-7(22-11-19-17-6-20(11)16)10(21)18-9-4-2-3-8(5-9)12(13,14)15/h2-7H,16H2,1H3,(H,18,21)/t7-/m1/s1. The summed E-state index contributed by atoms with van der Waals surface area (Å²) in [4.78, 5) is 12.0. The van der Waals surface area contributed by atoms with Crippen molar-refractivity contribution >= 4 is 23.4 Å². The minimum absolute atomic E-state index is 0.0708. The van der Waals surface area contributed by atoms with E-state index in [2.05, 4.69) is 15.5 Å². The molecule has 0 bridgehead atoms. The Kier molecular flexibility index (Phi) is 4.59. The van der Waals surface area contributed by atoms with E-state index >= 15 is 0 Å². The molecule has 0 unspecified atom stereocenters. The van der Waals surface area contributed by atoms with E-state index in [1.165, 1.54) is 18.5 Å². The lowest BCUT2D eigenvalue weighted by Gasteiger charge is -2.13. The summed E-state index contributed by atoms with van der Waals surface area (Å²) in [6, 6.07) is 4.42. The monoisotopic (exact) mass is 331 g/mol. The van der Waals surface area contributed by atoms with Gasteiger partial charge in [-0.05, 0) is 25.1 Å². The quantitative estimate of drug-likeness (QED) is 0.662. The summed E-state index contributed by atoms with van der Waals surface area (Å²) in [5.41, 5.74) is -0.756. The summed E-state index contributed by atoms with van der Waals surface area (Å²) in [7, 11) is 0. The fourth-order valence-corrected chi connectivity index (χ4v) is 2.29. The molecule has 0 aliphatic heterocycles. The van der Waals surface area contributed by atoms with Crippen LogP contribution in [-0.2, 0) is 11.0 Å². The molecule has 1 amide bonds. The maximum Gasteiger partial charge on any atom is 0.416 e. The van der Waals surface area contributed by atoms with Gasteiger partial charge in [0.15, 0.2) is 0 Å². The summed E-state index contributed by atoms with van der Waals surface area (Å²) in [6.45, 7) is 1.59. The molecular weight excluding hydrogens is 319 g/mol. The molecule has 118 valence electrons. The molecule has 0 radical (unpaired) electrons. The van der Waals surface area contributed by atoms with Crippen molar-refractivity contribution in [2.75, 3.05) is 11.2 Å². The number of hydrogen-bond donors (Lipinski definition) is 2. The summed E-state index contributed by atoms with van der Waals surface area (Å²) < 4.78 is 39.0. The second-order valence-corrected chi connectivity index (χ2v) is 5.66. The van der Waals surface area contributed by atoms with Gasteiger partial charge in [0.05, 0.1) is 10.8 Å². The lowest BCUT2D eigenvalue weighted by molar-refractivity contribution is -0.137. The molecule has 6 nitrogen and oxygen atoms in total. The van der Waals surface area contributed by atoms with Gasteiger partial charge in [-0.25, -0.2) is 4.68 Å². The molecule has 0 aliphatic rings. The highest BCUT2D eigenvalue weighted by atomic mass is 32.2. The summed E-state index contributed by atoms with van der Waals surface area (Å²) in [6.07, 6.45) is -3.18. The van der Waals surface area contributed by atoms with Crippen LogP contribution in [0.3, 0.4) is 0 Å².